The van der Waals surface area contributed by atoms with E-state index in [1.54, 1.807) is 4.67 Å². The van der Waals surface area contributed by atoms with Crippen LogP contribution in [0.1, 0.15) is 12.8 Å². The van der Waals surface area contributed by atoms with Crippen molar-refractivity contribution in [2.24, 2.45) is 0 Å². The largest absolute Gasteiger partial charge is 0.374 e. The lowest BCUT2D eigenvalue weighted by molar-refractivity contribution is -0.0727. The lowest BCUT2D eigenvalue weighted by atomic mass is 10.1. The molecule has 0 aromatic rings. The second-order valence-corrected chi connectivity index (χ2v) is 7.30. The topological polar surface area (TPSA) is 50.8 Å². The van der Waals surface area contributed by atoms with Gasteiger partial charge >= 0.3 is 7.67 Å². The van der Waals surface area contributed by atoms with Gasteiger partial charge in [-0.2, -0.15) is 0 Å². The van der Waals surface area contributed by atoms with E-state index >= 15 is 0 Å². The third-order valence-electron chi connectivity index (χ3n) is 3.21. The van der Waals surface area contributed by atoms with E-state index in [1.807, 2.05) is 0 Å². The maximum Gasteiger partial charge on any atom is 0.343 e. The van der Waals surface area contributed by atoms with Gasteiger partial charge in [0.15, 0.2) is 0 Å². The van der Waals surface area contributed by atoms with Gasteiger partial charge in [-0.25, -0.2) is 9.76 Å². The molecule has 2 heterocycles. The van der Waals surface area contributed by atoms with E-state index in [1.165, 1.54) is 0 Å². The lowest BCUT2D eigenvalue weighted by Crippen LogP contribution is -2.50. The summed E-state index contributed by atoms with van der Waals surface area (Å²) >= 11 is 11.5. The molecular weight excluding hydrogens is 298 g/mol. The van der Waals surface area contributed by atoms with Gasteiger partial charge in [-0.3, -0.25) is 9.09 Å². The first-order valence-electron chi connectivity index (χ1n) is 6.22. The molecule has 0 aliphatic carbocycles. The van der Waals surface area contributed by atoms with Crippen LogP contribution in [0.5, 0.6) is 0 Å². The van der Waals surface area contributed by atoms with Crippen molar-refractivity contribution in [2.45, 2.75) is 25.0 Å². The minimum absolute atomic E-state index is 0.00896. The Morgan fingerprint density at radius 3 is 2.67 bits per heavy atom. The van der Waals surface area contributed by atoms with Gasteiger partial charge in [0.2, 0.25) is 0 Å². The summed E-state index contributed by atoms with van der Waals surface area (Å²) < 4.78 is 25.9. The third kappa shape index (κ3) is 3.40. The zero-order valence-electron chi connectivity index (χ0n) is 10.2. The van der Waals surface area contributed by atoms with Crippen molar-refractivity contribution < 1.29 is 13.8 Å². The van der Waals surface area contributed by atoms with Crippen LogP contribution in [0.15, 0.2) is 0 Å². The highest BCUT2D eigenvalue weighted by atomic mass is 35.5. The van der Waals surface area contributed by atoms with Crippen LogP contribution < -0.4 is 5.09 Å². The predicted molar refractivity (Wildman–Crippen MR) is 72.5 cm³/mol. The molecule has 18 heavy (non-hydrogen) atoms. The highest BCUT2D eigenvalue weighted by Gasteiger charge is 2.43. The number of hydrogen-bond donors (Lipinski definition) is 1. The molecule has 1 N–H and O–H groups in total. The Balaban J connectivity index is 2.03. The number of rotatable bonds is 5. The molecule has 0 saturated carbocycles. The molecule has 8 heteroatoms. The Bertz CT molecular complexity index is 315. The summed E-state index contributed by atoms with van der Waals surface area (Å²) in [5.74, 6) is 0.799. The zero-order valence-corrected chi connectivity index (χ0v) is 12.6. The van der Waals surface area contributed by atoms with E-state index in [2.05, 4.69) is 5.09 Å². The summed E-state index contributed by atoms with van der Waals surface area (Å²) in [6.07, 6.45) is 1.77. The number of halogens is 2. The zero-order chi connectivity index (χ0) is 13.0. The fraction of sp³-hybridized carbons (Fsp3) is 1.00. The molecule has 3 atom stereocenters. The van der Waals surface area contributed by atoms with Crippen LogP contribution in [0.4, 0.5) is 0 Å². The monoisotopic (exact) mass is 316 g/mol. The summed E-state index contributed by atoms with van der Waals surface area (Å²) in [5.41, 5.74) is 0. The summed E-state index contributed by atoms with van der Waals surface area (Å²) in [6, 6.07) is 0. The second-order valence-electron chi connectivity index (χ2n) is 4.41. The Morgan fingerprint density at radius 2 is 2.00 bits per heavy atom. The Hall–Kier alpha value is 0.650. The van der Waals surface area contributed by atoms with E-state index in [9.17, 15) is 4.57 Å². The summed E-state index contributed by atoms with van der Waals surface area (Å²) in [6.45, 7) is 2.31. The van der Waals surface area contributed by atoms with Crippen LogP contribution >= 0.6 is 30.9 Å². The maximum absolute atomic E-state index is 12.8. The number of fused-ring (bicyclic) bond motifs is 1. The molecule has 2 rings (SSSR count). The van der Waals surface area contributed by atoms with Gasteiger partial charge in [0.25, 0.3) is 0 Å². The molecule has 0 radical (unpaired) electrons. The van der Waals surface area contributed by atoms with Gasteiger partial charge in [0.1, 0.15) is 0 Å². The predicted octanol–water partition coefficient (Wildman–Crippen LogP) is 2.04. The highest BCUT2D eigenvalue weighted by molar-refractivity contribution is 7.54. The maximum atomic E-state index is 12.8. The van der Waals surface area contributed by atoms with Crippen molar-refractivity contribution in [1.82, 2.24) is 9.76 Å². The molecule has 106 valence electrons. The molecule has 2 aliphatic rings. The molecule has 0 spiro atoms. The quantitative estimate of drug-likeness (QED) is 0.621. The third-order valence-corrected chi connectivity index (χ3v) is 5.83. The van der Waals surface area contributed by atoms with Crippen molar-refractivity contribution in [3.63, 3.8) is 0 Å². The fourth-order valence-corrected chi connectivity index (χ4v) is 5.08. The Kier molecular flexibility index (Phi) is 5.76. The minimum atomic E-state index is -3.01. The van der Waals surface area contributed by atoms with Gasteiger partial charge in [-0.05, 0) is 12.8 Å². The highest BCUT2D eigenvalue weighted by Crippen LogP contribution is 2.51. The second kappa shape index (κ2) is 6.89. The van der Waals surface area contributed by atoms with Gasteiger partial charge in [-0.1, -0.05) is 0 Å². The first kappa shape index (κ1) is 15.0. The molecule has 5 nitrogen and oxygen atoms in total. The van der Waals surface area contributed by atoms with Crippen LogP contribution in [0, 0.1) is 0 Å². The van der Waals surface area contributed by atoms with Crippen LogP contribution in [-0.2, 0) is 13.8 Å². The summed E-state index contributed by atoms with van der Waals surface area (Å²) in [4.78, 5) is 0. The molecule has 0 aromatic heterocycles. The van der Waals surface area contributed by atoms with Crippen molar-refractivity contribution in [2.75, 3.05) is 38.0 Å². The van der Waals surface area contributed by atoms with E-state index in [0.717, 1.165) is 19.4 Å². The summed E-state index contributed by atoms with van der Waals surface area (Å²) in [7, 11) is -3.01. The molecule has 0 aromatic carbocycles. The van der Waals surface area contributed by atoms with E-state index in [0.29, 0.717) is 31.4 Å². The number of nitrogens with zero attached hydrogens (tertiary/aromatic N) is 1. The van der Waals surface area contributed by atoms with Crippen LogP contribution in [-0.4, -0.2) is 54.9 Å². The van der Waals surface area contributed by atoms with Crippen molar-refractivity contribution in [1.29, 1.82) is 0 Å². The fourth-order valence-electron chi connectivity index (χ4n) is 2.29. The van der Waals surface area contributed by atoms with Crippen LogP contribution in [0.3, 0.4) is 0 Å². The van der Waals surface area contributed by atoms with Crippen molar-refractivity contribution in [3.8, 4) is 0 Å². The molecule has 2 saturated heterocycles. The average Bonchev–Trinajstić information content (AvgIpc) is 2.38. The van der Waals surface area contributed by atoms with E-state index < -0.39 is 7.67 Å². The molecule has 0 bridgehead atoms. The van der Waals surface area contributed by atoms with Crippen LogP contribution in [0.2, 0.25) is 0 Å². The number of alkyl halides is 2. The van der Waals surface area contributed by atoms with Gasteiger partial charge in [0, 0.05) is 38.0 Å². The van der Waals surface area contributed by atoms with Gasteiger partial charge in [0.05, 0.1) is 12.2 Å². The van der Waals surface area contributed by atoms with Crippen molar-refractivity contribution in [3.05, 3.63) is 0 Å². The molecule has 2 fully saturated rings. The first-order chi connectivity index (χ1) is 8.69. The minimum Gasteiger partial charge on any atom is -0.374 e. The number of ether oxygens (including phenoxy) is 1. The van der Waals surface area contributed by atoms with Gasteiger partial charge in [-0.15, -0.1) is 23.2 Å². The normalized spacial score (nSPS) is 36.6. The number of nitrogens with one attached hydrogen (secondary N) is 1. The van der Waals surface area contributed by atoms with Crippen LogP contribution in [0.25, 0.3) is 0 Å². The SMILES string of the molecule is O=P1(N(CCCl)CCCl)NCC2OCCCC2O1. The van der Waals surface area contributed by atoms with E-state index in [4.69, 9.17) is 32.5 Å². The molecule has 0 amide bonds. The molecular formula is C10H19Cl2N2O3P. The van der Waals surface area contributed by atoms with E-state index in [-0.39, 0.29) is 12.2 Å². The van der Waals surface area contributed by atoms with Gasteiger partial charge < -0.3 is 4.74 Å². The average molecular weight is 317 g/mol. The Labute approximate surface area is 118 Å². The smallest absolute Gasteiger partial charge is 0.343 e. The van der Waals surface area contributed by atoms with Crippen molar-refractivity contribution >= 4 is 30.9 Å². The lowest BCUT2D eigenvalue weighted by Gasteiger charge is -2.42. The molecule has 2 aliphatic heterocycles. The summed E-state index contributed by atoms with van der Waals surface area (Å²) in [5, 5.41) is 2.98. The number of hydrogen-bond acceptors (Lipinski definition) is 3. The first-order valence-corrected chi connectivity index (χ1v) is 8.87. The molecule has 3 unspecified atom stereocenters. The Morgan fingerprint density at radius 1 is 1.28 bits per heavy atom. The standard InChI is InChI=1S/C10H19Cl2N2O3P/c11-3-5-14(6-4-12)18(15)13-8-10-9(17-18)2-1-7-16-10/h9-10H,1-8H2,(H,13,15).